The molecule has 8 heteroatoms. The molecule has 0 spiro atoms. The lowest BCUT2D eigenvalue weighted by Crippen LogP contribution is -2.49. The van der Waals surface area contributed by atoms with Crippen molar-refractivity contribution < 1.29 is 13.2 Å². The number of piperidine rings is 1. The van der Waals surface area contributed by atoms with E-state index in [-0.39, 0.29) is 6.04 Å². The summed E-state index contributed by atoms with van der Waals surface area (Å²) in [5.74, 6) is 1.85. The van der Waals surface area contributed by atoms with Gasteiger partial charge in [0.1, 0.15) is 5.82 Å². The van der Waals surface area contributed by atoms with E-state index < -0.39 is 11.7 Å². The van der Waals surface area contributed by atoms with Gasteiger partial charge in [0.2, 0.25) is 5.95 Å². The van der Waals surface area contributed by atoms with Crippen LogP contribution < -0.4 is 9.80 Å². The van der Waals surface area contributed by atoms with Gasteiger partial charge in [-0.3, -0.25) is 0 Å². The molecule has 2 aromatic rings. The summed E-state index contributed by atoms with van der Waals surface area (Å²) in [5.41, 5.74) is 0.301. The molecule has 0 amide bonds. The van der Waals surface area contributed by atoms with Crippen LogP contribution in [0.3, 0.4) is 0 Å². The number of aryl methyl sites for hydroxylation is 1. The van der Waals surface area contributed by atoms with Gasteiger partial charge in [0.05, 0.1) is 11.6 Å². The molecule has 0 N–H and O–H groups in total. The molecule has 0 aliphatic carbocycles. The van der Waals surface area contributed by atoms with Crippen molar-refractivity contribution in [3.8, 4) is 0 Å². The van der Waals surface area contributed by atoms with Crippen LogP contribution in [0.1, 0.15) is 24.0 Å². The lowest BCUT2D eigenvalue weighted by atomic mass is 9.92. The first-order valence-electron chi connectivity index (χ1n) is 8.75. The standard InChI is InChI=1S/C18H20F3N5/c1-12-8-23-17(24-9-12)25-6-4-13-5-7-26(15(13)11-25)16-3-2-14(10-22-16)18(19,20)21/h2-3,8-10,13,15H,4-7,11H2,1H3. The van der Waals surface area contributed by atoms with E-state index in [1.165, 1.54) is 6.07 Å². The highest BCUT2D eigenvalue weighted by molar-refractivity contribution is 5.45. The third-order valence-corrected chi connectivity index (χ3v) is 5.28. The first-order chi connectivity index (χ1) is 12.4. The maximum atomic E-state index is 12.8. The molecule has 0 aromatic carbocycles. The summed E-state index contributed by atoms with van der Waals surface area (Å²) in [6, 6.07) is 2.81. The molecule has 2 aromatic heterocycles. The zero-order valence-corrected chi connectivity index (χ0v) is 14.4. The molecule has 2 aliphatic rings. The third kappa shape index (κ3) is 3.20. The highest BCUT2D eigenvalue weighted by Gasteiger charge is 2.40. The Hall–Kier alpha value is -2.38. The van der Waals surface area contributed by atoms with Crippen molar-refractivity contribution in [1.82, 2.24) is 15.0 Å². The Balaban J connectivity index is 1.53. The number of halogens is 3. The van der Waals surface area contributed by atoms with E-state index in [9.17, 15) is 13.2 Å². The highest BCUT2D eigenvalue weighted by atomic mass is 19.4. The minimum absolute atomic E-state index is 0.220. The summed E-state index contributed by atoms with van der Waals surface area (Å²) in [6.45, 7) is 4.43. The van der Waals surface area contributed by atoms with Crippen LogP contribution in [0.25, 0.3) is 0 Å². The van der Waals surface area contributed by atoms with Crippen LogP contribution in [-0.2, 0) is 6.18 Å². The maximum Gasteiger partial charge on any atom is 0.417 e. The number of fused-ring (bicyclic) bond motifs is 1. The van der Waals surface area contributed by atoms with E-state index in [2.05, 4.69) is 24.8 Å². The smallest absolute Gasteiger partial charge is 0.352 e. The molecular formula is C18H20F3N5. The van der Waals surface area contributed by atoms with Gasteiger partial charge in [-0.05, 0) is 43.4 Å². The number of hydrogen-bond donors (Lipinski definition) is 0. The summed E-state index contributed by atoms with van der Waals surface area (Å²) >= 11 is 0. The van der Waals surface area contributed by atoms with Crippen molar-refractivity contribution >= 4 is 11.8 Å². The minimum atomic E-state index is -4.36. The van der Waals surface area contributed by atoms with Crippen molar-refractivity contribution in [2.75, 3.05) is 29.4 Å². The van der Waals surface area contributed by atoms with Crippen LogP contribution in [0.5, 0.6) is 0 Å². The van der Waals surface area contributed by atoms with Crippen LogP contribution in [0.4, 0.5) is 24.9 Å². The first-order valence-corrected chi connectivity index (χ1v) is 8.75. The van der Waals surface area contributed by atoms with Crippen LogP contribution in [0, 0.1) is 12.8 Å². The van der Waals surface area contributed by atoms with Gasteiger partial charge in [0.25, 0.3) is 0 Å². The maximum absolute atomic E-state index is 12.8. The second-order valence-corrected chi connectivity index (χ2v) is 7.01. The van der Waals surface area contributed by atoms with E-state index in [1.54, 1.807) is 12.4 Å². The van der Waals surface area contributed by atoms with Crippen molar-refractivity contribution in [1.29, 1.82) is 0 Å². The average molecular weight is 363 g/mol. The average Bonchev–Trinajstić information content (AvgIpc) is 3.05. The molecule has 2 fully saturated rings. The number of nitrogens with zero attached hydrogens (tertiary/aromatic N) is 5. The predicted octanol–water partition coefficient (Wildman–Crippen LogP) is 3.30. The highest BCUT2D eigenvalue weighted by Crippen LogP contribution is 2.36. The van der Waals surface area contributed by atoms with Gasteiger partial charge in [-0.15, -0.1) is 0 Å². The van der Waals surface area contributed by atoms with Gasteiger partial charge in [-0.2, -0.15) is 13.2 Å². The quantitative estimate of drug-likeness (QED) is 0.819. The second kappa shape index (κ2) is 6.41. The first kappa shape index (κ1) is 17.1. The van der Waals surface area contributed by atoms with Gasteiger partial charge in [-0.25, -0.2) is 15.0 Å². The molecule has 2 atom stereocenters. The molecule has 0 radical (unpaired) electrons. The van der Waals surface area contributed by atoms with Crippen LogP contribution in [-0.4, -0.2) is 40.6 Å². The van der Waals surface area contributed by atoms with Gasteiger partial charge in [-0.1, -0.05) is 0 Å². The van der Waals surface area contributed by atoms with Crippen molar-refractivity contribution in [3.63, 3.8) is 0 Å². The molecular weight excluding hydrogens is 343 g/mol. The number of rotatable bonds is 2. The molecule has 4 rings (SSSR count). The van der Waals surface area contributed by atoms with Crippen molar-refractivity contribution in [3.05, 3.63) is 41.9 Å². The Kier molecular flexibility index (Phi) is 4.20. The third-order valence-electron chi connectivity index (χ3n) is 5.28. The molecule has 0 bridgehead atoms. The lowest BCUT2D eigenvalue weighted by molar-refractivity contribution is -0.137. The molecule has 2 saturated heterocycles. The van der Waals surface area contributed by atoms with Gasteiger partial charge >= 0.3 is 6.18 Å². The summed E-state index contributed by atoms with van der Waals surface area (Å²) in [5, 5.41) is 0. The summed E-state index contributed by atoms with van der Waals surface area (Å²) in [4.78, 5) is 17.2. The number of hydrogen-bond acceptors (Lipinski definition) is 5. The number of aromatic nitrogens is 3. The zero-order chi connectivity index (χ0) is 18.3. The normalized spacial score (nSPS) is 23.2. The fourth-order valence-electron chi connectivity index (χ4n) is 3.88. The lowest BCUT2D eigenvalue weighted by Gasteiger charge is -2.38. The Morgan fingerprint density at radius 1 is 1.00 bits per heavy atom. The Labute approximate surface area is 149 Å². The molecule has 5 nitrogen and oxygen atoms in total. The van der Waals surface area contributed by atoms with Crippen molar-refractivity contribution in [2.24, 2.45) is 5.92 Å². The van der Waals surface area contributed by atoms with E-state index in [1.807, 2.05) is 6.92 Å². The topological polar surface area (TPSA) is 45.2 Å². The largest absolute Gasteiger partial charge is 0.417 e. The second-order valence-electron chi connectivity index (χ2n) is 7.01. The Bertz CT molecular complexity index is 760. The predicted molar refractivity (Wildman–Crippen MR) is 92.1 cm³/mol. The van der Waals surface area contributed by atoms with Crippen LogP contribution in [0.2, 0.25) is 0 Å². The number of anilines is 2. The monoisotopic (exact) mass is 363 g/mol. The Morgan fingerprint density at radius 3 is 2.38 bits per heavy atom. The van der Waals surface area contributed by atoms with Crippen LogP contribution >= 0.6 is 0 Å². The molecule has 138 valence electrons. The Morgan fingerprint density at radius 2 is 1.73 bits per heavy atom. The van der Waals surface area contributed by atoms with Crippen molar-refractivity contribution in [2.45, 2.75) is 32.0 Å². The fourth-order valence-corrected chi connectivity index (χ4v) is 3.88. The molecule has 2 unspecified atom stereocenters. The fraction of sp³-hybridized carbons (Fsp3) is 0.500. The molecule has 26 heavy (non-hydrogen) atoms. The molecule has 4 heterocycles. The SMILES string of the molecule is Cc1cnc(N2CCC3CCN(c4ccc(C(F)(F)F)cn4)C3C2)nc1. The number of alkyl halides is 3. The van der Waals surface area contributed by atoms with Gasteiger partial charge in [0, 0.05) is 38.2 Å². The van der Waals surface area contributed by atoms with Gasteiger partial charge in [0.15, 0.2) is 0 Å². The minimum Gasteiger partial charge on any atom is -0.352 e. The van der Waals surface area contributed by atoms with Crippen LogP contribution in [0.15, 0.2) is 30.7 Å². The van der Waals surface area contributed by atoms with Gasteiger partial charge < -0.3 is 9.80 Å². The summed E-state index contributed by atoms with van der Waals surface area (Å²) in [6.07, 6.45) is 2.24. The summed E-state index contributed by atoms with van der Waals surface area (Å²) in [7, 11) is 0. The van der Waals surface area contributed by atoms with E-state index in [0.29, 0.717) is 17.7 Å². The zero-order valence-electron chi connectivity index (χ0n) is 14.4. The number of pyridine rings is 1. The van der Waals surface area contributed by atoms with E-state index in [4.69, 9.17) is 0 Å². The summed E-state index contributed by atoms with van der Waals surface area (Å²) < 4.78 is 38.3. The molecule has 2 aliphatic heterocycles. The molecule has 0 saturated carbocycles. The van der Waals surface area contributed by atoms with E-state index in [0.717, 1.165) is 50.3 Å². The van der Waals surface area contributed by atoms with E-state index >= 15 is 0 Å².